The fourth-order valence-electron chi connectivity index (χ4n) is 8.69. The molecule has 2 aliphatic rings. The van der Waals surface area contributed by atoms with E-state index in [0.717, 1.165) is 103 Å². The van der Waals surface area contributed by atoms with Crippen LogP contribution in [0.25, 0.3) is 0 Å². The fourth-order valence-corrected chi connectivity index (χ4v) is 8.69. The number of esters is 1. The first-order valence-electron chi connectivity index (χ1n) is 29.2. The molecule has 75 heavy (non-hydrogen) atoms. The van der Waals surface area contributed by atoms with Crippen LogP contribution in [0.2, 0.25) is 0 Å². The lowest BCUT2D eigenvalue weighted by molar-refractivity contribution is -0.332. The Bertz CT molecular complexity index is 1560. The van der Waals surface area contributed by atoms with Crippen molar-refractivity contribution in [1.82, 2.24) is 0 Å². The first-order chi connectivity index (χ1) is 36.6. The second-order valence-corrected chi connectivity index (χ2v) is 20.1. The average molecular weight is 1060 g/mol. The Morgan fingerprint density at radius 3 is 1.36 bits per heavy atom. The lowest BCUT2D eigenvalue weighted by atomic mass is 9.98. The van der Waals surface area contributed by atoms with Gasteiger partial charge in [0, 0.05) is 13.0 Å². The summed E-state index contributed by atoms with van der Waals surface area (Å²) in [6.07, 6.45) is 44.9. The van der Waals surface area contributed by atoms with Crippen LogP contribution in [0.5, 0.6) is 0 Å². The number of hydrogen-bond donors (Lipinski definition) is 7. The molecule has 2 fully saturated rings. The summed E-state index contributed by atoms with van der Waals surface area (Å²) in [7, 11) is 0. The van der Waals surface area contributed by atoms with Gasteiger partial charge in [0.2, 0.25) is 0 Å². The zero-order chi connectivity index (χ0) is 54.4. The highest BCUT2D eigenvalue weighted by Gasteiger charge is 2.47. The van der Waals surface area contributed by atoms with Crippen molar-refractivity contribution < 1.29 is 69.0 Å². The summed E-state index contributed by atoms with van der Waals surface area (Å²) < 4.78 is 34.4. The summed E-state index contributed by atoms with van der Waals surface area (Å²) in [6, 6.07) is 0. The molecule has 2 aliphatic heterocycles. The van der Waals surface area contributed by atoms with E-state index in [9.17, 15) is 40.5 Å². The number of allylic oxidation sites excluding steroid dienone is 14. The zero-order valence-electron chi connectivity index (χ0n) is 46.3. The third-order valence-electron chi connectivity index (χ3n) is 13.4. The molecule has 14 nitrogen and oxygen atoms in total. The normalized spacial score (nSPS) is 25.2. The molecule has 432 valence electrons. The van der Waals surface area contributed by atoms with Gasteiger partial charge < -0.3 is 64.2 Å². The van der Waals surface area contributed by atoms with Crippen LogP contribution in [0, 0.1) is 0 Å². The Balaban J connectivity index is 1.73. The molecule has 11 atom stereocenters. The van der Waals surface area contributed by atoms with Crippen molar-refractivity contribution >= 4 is 5.97 Å². The molecule has 0 aromatic heterocycles. The van der Waals surface area contributed by atoms with Gasteiger partial charge in [-0.2, -0.15) is 0 Å². The van der Waals surface area contributed by atoms with Gasteiger partial charge in [-0.1, -0.05) is 182 Å². The molecule has 0 amide bonds. The second-order valence-electron chi connectivity index (χ2n) is 20.1. The Morgan fingerprint density at radius 2 is 0.867 bits per heavy atom. The first kappa shape index (κ1) is 68.3. The molecule has 0 spiro atoms. The maximum absolute atomic E-state index is 13.1. The highest BCUT2D eigenvalue weighted by atomic mass is 16.7. The van der Waals surface area contributed by atoms with Gasteiger partial charge in [0.1, 0.15) is 54.9 Å². The van der Waals surface area contributed by atoms with E-state index < -0.39 is 80.7 Å². The topological polar surface area (TPSA) is 214 Å². The van der Waals surface area contributed by atoms with Gasteiger partial charge in [-0.15, -0.1) is 0 Å². The lowest BCUT2D eigenvalue weighted by Crippen LogP contribution is -2.61. The minimum absolute atomic E-state index is 0.0451. The molecular formula is C61H104O14. The molecule has 2 rings (SSSR count). The van der Waals surface area contributed by atoms with Gasteiger partial charge in [0.15, 0.2) is 12.6 Å². The fraction of sp³-hybridized carbons (Fsp3) is 0.754. The highest BCUT2D eigenvalue weighted by molar-refractivity contribution is 5.69. The molecule has 2 heterocycles. The first-order valence-corrected chi connectivity index (χ1v) is 29.2. The van der Waals surface area contributed by atoms with Crippen molar-refractivity contribution in [2.24, 2.45) is 0 Å². The van der Waals surface area contributed by atoms with Crippen LogP contribution in [-0.4, -0.2) is 142 Å². The monoisotopic (exact) mass is 1060 g/mol. The molecule has 0 aromatic carbocycles. The van der Waals surface area contributed by atoms with Crippen molar-refractivity contribution in [2.45, 2.75) is 261 Å². The van der Waals surface area contributed by atoms with Gasteiger partial charge in [-0.25, -0.2) is 0 Å². The average Bonchev–Trinajstić information content (AvgIpc) is 3.41. The van der Waals surface area contributed by atoms with Crippen LogP contribution < -0.4 is 0 Å². The summed E-state index contributed by atoms with van der Waals surface area (Å²) in [5.74, 6) is -0.389. The van der Waals surface area contributed by atoms with E-state index in [-0.39, 0.29) is 25.6 Å². The number of carbonyl (C=O) groups is 1. The molecule has 0 aliphatic carbocycles. The predicted octanol–water partition coefficient (Wildman–Crippen LogP) is 10.4. The second kappa shape index (κ2) is 47.2. The molecule has 2 saturated heterocycles. The van der Waals surface area contributed by atoms with Crippen LogP contribution in [0.1, 0.15) is 194 Å². The van der Waals surface area contributed by atoms with Gasteiger partial charge in [0.25, 0.3) is 0 Å². The van der Waals surface area contributed by atoms with E-state index >= 15 is 0 Å². The summed E-state index contributed by atoms with van der Waals surface area (Å²) in [6.45, 7) is 3.51. The highest BCUT2D eigenvalue weighted by Crippen LogP contribution is 2.26. The maximum Gasteiger partial charge on any atom is 0.306 e. The van der Waals surface area contributed by atoms with Crippen LogP contribution in [0.4, 0.5) is 0 Å². The Kier molecular flexibility index (Phi) is 43.0. The third-order valence-corrected chi connectivity index (χ3v) is 13.4. The van der Waals surface area contributed by atoms with Crippen molar-refractivity contribution in [1.29, 1.82) is 0 Å². The van der Waals surface area contributed by atoms with Crippen LogP contribution in [-0.2, 0) is 33.2 Å². The number of unbranched alkanes of at least 4 members (excludes halogenated alkanes) is 18. The quantitative estimate of drug-likeness (QED) is 0.0172. The minimum Gasteiger partial charge on any atom is -0.457 e. The van der Waals surface area contributed by atoms with E-state index in [1.807, 2.05) is 0 Å². The number of aliphatic hydroxyl groups is 7. The maximum atomic E-state index is 13.1. The zero-order valence-corrected chi connectivity index (χ0v) is 46.3. The summed E-state index contributed by atoms with van der Waals surface area (Å²) in [4.78, 5) is 13.1. The van der Waals surface area contributed by atoms with Gasteiger partial charge in [-0.05, 0) is 89.9 Å². The van der Waals surface area contributed by atoms with Crippen LogP contribution >= 0.6 is 0 Å². The molecular weight excluding hydrogens is 957 g/mol. The summed E-state index contributed by atoms with van der Waals surface area (Å²) in [5, 5.41) is 72.4. The summed E-state index contributed by atoms with van der Waals surface area (Å²) >= 11 is 0. The van der Waals surface area contributed by atoms with E-state index in [2.05, 4.69) is 98.9 Å². The smallest absolute Gasteiger partial charge is 0.306 e. The molecule has 0 aromatic rings. The molecule has 14 heteroatoms. The van der Waals surface area contributed by atoms with Crippen molar-refractivity contribution in [3.8, 4) is 0 Å². The van der Waals surface area contributed by atoms with E-state index in [1.54, 1.807) is 0 Å². The number of carbonyl (C=O) groups excluding carboxylic acids is 1. The van der Waals surface area contributed by atoms with Crippen molar-refractivity contribution in [2.75, 3.05) is 33.0 Å². The Hall–Kier alpha value is -2.83. The Labute approximate surface area is 452 Å². The molecule has 0 bridgehead atoms. The van der Waals surface area contributed by atoms with Crippen molar-refractivity contribution in [3.05, 3.63) is 85.1 Å². The van der Waals surface area contributed by atoms with Crippen LogP contribution in [0.3, 0.4) is 0 Å². The number of aliphatic hydroxyl groups excluding tert-OH is 7. The molecule has 0 saturated carbocycles. The predicted molar refractivity (Wildman–Crippen MR) is 298 cm³/mol. The number of hydrogen-bond acceptors (Lipinski definition) is 14. The molecule has 7 N–H and O–H groups in total. The van der Waals surface area contributed by atoms with Crippen molar-refractivity contribution in [3.63, 3.8) is 0 Å². The number of ether oxygens (including phenoxy) is 6. The number of rotatable bonds is 46. The minimum atomic E-state index is -1.72. The molecule has 0 radical (unpaired) electrons. The van der Waals surface area contributed by atoms with E-state index in [0.29, 0.717) is 13.0 Å². The third kappa shape index (κ3) is 33.9. The summed E-state index contributed by atoms with van der Waals surface area (Å²) in [5.41, 5.74) is 0. The largest absolute Gasteiger partial charge is 0.457 e. The standard InChI is InChI=1S/C61H104O14/c1-3-5-7-9-11-13-15-17-19-21-23-24-25-27-29-31-33-35-37-39-41-43-45-70-47-50(73-53(63)44-42-40-38-36-34-32-30-28-26-22-20-18-16-14-12-10-8-6-4-2)48-71-60-59(69)57(67)55(65)52(75-60)49-72-61-58(68)56(66)54(64)51(46-62)74-61/h5,7,11-14,17-20,23-24,27,29,50-52,54-62,64-69H,3-4,6,8-10,15-16,21-22,25-26,28,30-49H2,1-2H3/b7-5-,13-11-,14-12-,19-17-,20-18-,24-23-,29-27-. The van der Waals surface area contributed by atoms with Gasteiger partial charge >= 0.3 is 5.97 Å². The molecule has 11 unspecified atom stereocenters. The van der Waals surface area contributed by atoms with E-state index in [4.69, 9.17) is 28.4 Å². The van der Waals surface area contributed by atoms with Gasteiger partial charge in [-0.3, -0.25) is 4.79 Å². The van der Waals surface area contributed by atoms with Gasteiger partial charge in [0.05, 0.1) is 26.4 Å². The van der Waals surface area contributed by atoms with E-state index in [1.165, 1.54) is 64.2 Å². The SMILES string of the molecule is CC/C=C\C/C=C\C/C=C\C/C=C\C/C=C\CCCCCCCCOCC(COC1OC(COC2OC(CO)C(O)C(O)C2O)C(O)C(O)C1O)OC(=O)CCCCCCCCCCC/C=C\C/C=C\CCCCC. The van der Waals surface area contributed by atoms with Crippen LogP contribution in [0.15, 0.2) is 85.1 Å². The Morgan fingerprint density at radius 1 is 0.453 bits per heavy atom. The lowest BCUT2D eigenvalue weighted by Gasteiger charge is -2.42.